The quantitative estimate of drug-likeness (QED) is 0.467. The molecular weight excluding hydrogens is 152 g/mol. The molecule has 0 fully saturated rings. The normalized spacial score (nSPS) is 15.2. The van der Waals surface area contributed by atoms with Crippen LogP contribution in [0.2, 0.25) is 0 Å². The van der Waals surface area contributed by atoms with E-state index < -0.39 is 5.60 Å². The highest BCUT2D eigenvalue weighted by Crippen LogP contribution is 2.10. The van der Waals surface area contributed by atoms with Crippen molar-refractivity contribution in [1.29, 1.82) is 0 Å². The Morgan fingerprint density at radius 2 is 2.17 bits per heavy atom. The van der Waals surface area contributed by atoms with Gasteiger partial charge in [-0.15, -0.1) is 13.2 Å². The fourth-order valence-electron chi connectivity index (χ4n) is 0.702. The monoisotopic (exact) mass is 170 g/mol. The van der Waals surface area contributed by atoms with Gasteiger partial charge >= 0.3 is 0 Å². The van der Waals surface area contributed by atoms with Gasteiger partial charge in [0.2, 0.25) is 0 Å². The Morgan fingerprint density at radius 3 is 2.58 bits per heavy atom. The summed E-state index contributed by atoms with van der Waals surface area (Å²) in [5.41, 5.74) is -0.582. The Bertz CT molecular complexity index is 143. The predicted octanol–water partition coefficient (Wildman–Crippen LogP) is 1.91. The van der Waals surface area contributed by atoms with Gasteiger partial charge in [-0.05, 0) is 19.8 Å². The second-order valence-corrected chi connectivity index (χ2v) is 2.95. The fourth-order valence-corrected chi connectivity index (χ4v) is 0.702. The molecule has 0 aliphatic heterocycles. The minimum atomic E-state index is -0.582. The zero-order valence-corrected chi connectivity index (χ0v) is 7.75. The number of allylic oxidation sites excluding steroid dienone is 1. The largest absolute Gasteiger partial charge is 0.393 e. The molecule has 2 heteroatoms. The second kappa shape index (κ2) is 5.98. The average Bonchev–Trinajstić information content (AvgIpc) is 2.12. The maximum absolute atomic E-state index is 8.93. The second-order valence-electron chi connectivity index (χ2n) is 2.95. The van der Waals surface area contributed by atoms with Crippen LogP contribution in [0.5, 0.6) is 0 Å². The first-order valence-corrected chi connectivity index (χ1v) is 4.18. The van der Waals surface area contributed by atoms with E-state index >= 15 is 0 Å². The van der Waals surface area contributed by atoms with E-state index in [4.69, 9.17) is 9.84 Å². The standard InChI is InChI=1S/C10H18O2/c1-4-6-7-8-12-10(3,5-2)9-11/h4-5,11H,1-2,6-9H2,3H3. The molecular formula is C10H18O2. The zero-order valence-electron chi connectivity index (χ0n) is 7.75. The fraction of sp³-hybridized carbons (Fsp3) is 0.600. The Morgan fingerprint density at radius 1 is 1.50 bits per heavy atom. The highest BCUT2D eigenvalue weighted by molar-refractivity contribution is 4.93. The van der Waals surface area contributed by atoms with Crippen molar-refractivity contribution in [2.24, 2.45) is 0 Å². The van der Waals surface area contributed by atoms with E-state index in [1.165, 1.54) is 0 Å². The molecule has 0 radical (unpaired) electrons. The average molecular weight is 170 g/mol. The van der Waals surface area contributed by atoms with Gasteiger partial charge in [0, 0.05) is 6.61 Å². The SMILES string of the molecule is C=CCCCOC(C)(C=C)CO. The van der Waals surface area contributed by atoms with Gasteiger partial charge in [0.15, 0.2) is 0 Å². The Kier molecular flexibility index (Phi) is 5.68. The third kappa shape index (κ3) is 4.31. The maximum Gasteiger partial charge on any atom is 0.106 e. The topological polar surface area (TPSA) is 29.5 Å². The van der Waals surface area contributed by atoms with Gasteiger partial charge in [-0.1, -0.05) is 12.2 Å². The number of rotatable bonds is 7. The summed E-state index contributed by atoms with van der Waals surface area (Å²) in [6.45, 7) is 9.63. The number of aliphatic hydroxyl groups is 1. The van der Waals surface area contributed by atoms with Crippen molar-refractivity contribution in [3.05, 3.63) is 25.3 Å². The van der Waals surface area contributed by atoms with Crippen LogP contribution in [0.25, 0.3) is 0 Å². The summed E-state index contributed by atoms with van der Waals surface area (Å²) in [5, 5.41) is 8.93. The number of unbranched alkanes of at least 4 members (excludes halogenated alkanes) is 1. The first-order chi connectivity index (χ1) is 5.68. The summed E-state index contributed by atoms with van der Waals surface area (Å²) in [6, 6.07) is 0. The highest BCUT2D eigenvalue weighted by Gasteiger charge is 2.18. The van der Waals surface area contributed by atoms with Gasteiger partial charge in [0.1, 0.15) is 5.60 Å². The molecule has 0 saturated carbocycles. The van der Waals surface area contributed by atoms with Crippen LogP contribution in [0, 0.1) is 0 Å². The lowest BCUT2D eigenvalue weighted by Crippen LogP contribution is -2.30. The van der Waals surface area contributed by atoms with Crippen molar-refractivity contribution in [2.45, 2.75) is 25.4 Å². The van der Waals surface area contributed by atoms with Crippen LogP contribution in [0.15, 0.2) is 25.3 Å². The van der Waals surface area contributed by atoms with Crippen LogP contribution < -0.4 is 0 Å². The Labute approximate surface area is 74.6 Å². The first-order valence-electron chi connectivity index (χ1n) is 4.18. The van der Waals surface area contributed by atoms with Crippen molar-refractivity contribution >= 4 is 0 Å². The molecule has 0 bridgehead atoms. The molecule has 0 aromatic heterocycles. The molecule has 12 heavy (non-hydrogen) atoms. The summed E-state index contributed by atoms with van der Waals surface area (Å²) in [6.07, 6.45) is 5.36. The van der Waals surface area contributed by atoms with Crippen molar-refractivity contribution in [3.63, 3.8) is 0 Å². The van der Waals surface area contributed by atoms with E-state index in [-0.39, 0.29) is 6.61 Å². The van der Waals surface area contributed by atoms with E-state index in [2.05, 4.69) is 13.2 Å². The van der Waals surface area contributed by atoms with Crippen LogP contribution in [0.3, 0.4) is 0 Å². The van der Waals surface area contributed by atoms with E-state index in [1.54, 1.807) is 6.08 Å². The molecule has 0 amide bonds. The van der Waals surface area contributed by atoms with Gasteiger partial charge in [-0.2, -0.15) is 0 Å². The van der Waals surface area contributed by atoms with Gasteiger partial charge in [0.05, 0.1) is 6.61 Å². The van der Waals surface area contributed by atoms with E-state index in [0.29, 0.717) is 6.61 Å². The third-order valence-electron chi connectivity index (χ3n) is 1.73. The van der Waals surface area contributed by atoms with Gasteiger partial charge in [0.25, 0.3) is 0 Å². The molecule has 0 heterocycles. The molecule has 1 N–H and O–H groups in total. The lowest BCUT2D eigenvalue weighted by Gasteiger charge is -2.23. The molecule has 1 atom stereocenters. The van der Waals surface area contributed by atoms with Gasteiger partial charge in [-0.25, -0.2) is 0 Å². The summed E-state index contributed by atoms with van der Waals surface area (Å²) in [5.74, 6) is 0. The summed E-state index contributed by atoms with van der Waals surface area (Å²) in [4.78, 5) is 0. The molecule has 0 aliphatic carbocycles. The van der Waals surface area contributed by atoms with E-state index in [0.717, 1.165) is 12.8 Å². The molecule has 0 aliphatic rings. The van der Waals surface area contributed by atoms with Crippen LogP contribution in [-0.2, 0) is 4.74 Å². The Balaban J connectivity index is 3.58. The zero-order chi connectivity index (χ0) is 9.45. The summed E-state index contributed by atoms with van der Waals surface area (Å²) < 4.78 is 5.41. The van der Waals surface area contributed by atoms with Crippen molar-refractivity contribution in [3.8, 4) is 0 Å². The third-order valence-corrected chi connectivity index (χ3v) is 1.73. The molecule has 2 nitrogen and oxygen atoms in total. The predicted molar refractivity (Wildman–Crippen MR) is 51.1 cm³/mol. The first kappa shape index (κ1) is 11.4. The van der Waals surface area contributed by atoms with Crippen LogP contribution >= 0.6 is 0 Å². The minimum Gasteiger partial charge on any atom is -0.393 e. The van der Waals surface area contributed by atoms with Gasteiger partial charge in [-0.3, -0.25) is 0 Å². The smallest absolute Gasteiger partial charge is 0.106 e. The van der Waals surface area contributed by atoms with Crippen molar-refractivity contribution < 1.29 is 9.84 Å². The number of aliphatic hydroxyl groups excluding tert-OH is 1. The summed E-state index contributed by atoms with van der Waals surface area (Å²) >= 11 is 0. The molecule has 0 aromatic rings. The lowest BCUT2D eigenvalue weighted by atomic mass is 10.1. The molecule has 1 unspecified atom stereocenters. The number of hydrogen-bond acceptors (Lipinski definition) is 2. The number of hydrogen-bond donors (Lipinski definition) is 1. The van der Waals surface area contributed by atoms with E-state index in [1.807, 2.05) is 13.0 Å². The van der Waals surface area contributed by atoms with Gasteiger partial charge < -0.3 is 9.84 Å². The van der Waals surface area contributed by atoms with Crippen LogP contribution in [0.4, 0.5) is 0 Å². The van der Waals surface area contributed by atoms with Crippen LogP contribution in [-0.4, -0.2) is 23.9 Å². The Hall–Kier alpha value is -0.600. The molecule has 0 aromatic carbocycles. The minimum absolute atomic E-state index is 0.0232. The lowest BCUT2D eigenvalue weighted by molar-refractivity contribution is -0.0326. The van der Waals surface area contributed by atoms with Crippen LogP contribution in [0.1, 0.15) is 19.8 Å². The maximum atomic E-state index is 8.93. The van der Waals surface area contributed by atoms with Crippen molar-refractivity contribution in [2.75, 3.05) is 13.2 Å². The number of ether oxygens (including phenoxy) is 1. The molecule has 70 valence electrons. The van der Waals surface area contributed by atoms with Crippen molar-refractivity contribution in [1.82, 2.24) is 0 Å². The molecule has 0 rings (SSSR count). The molecule has 0 spiro atoms. The highest BCUT2D eigenvalue weighted by atomic mass is 16.5. The summed E-state index contributed by atoms with van der Waals surface area (Å²) in [7, 11) is 0. The van der Waals surface area contributed by atoms with E-state index in [9.17, 15) is 0 Å². The molecule has 0 saturated heterocycles.